The second kappa shape index (κ2) is 8.69. The summed E-state index contributed by atoms with van der Waals surface area (Å²) >= 11 is 1.05. The average Bonchev–Trinajstić information content (AvgIpc) is 3.43. The van der Waals surface area contributed by atoms with Crippen LogP contribution >= 0.6 is 11.3 Å². The minimum atomic E-state index is -4.07. The lowest BCUT2D eigenvalue weighted by Gasteiger charge is -2.33. The Hall–Kier alpha value is -2.51. The summed E-state index contributed by atoms with van der Waals surface area (Å²) in [7, 11) is -4.07. The maximum Gasteiger partial charge on any atom is 0.271 e. The fourth-order valence-electron chi connectivity index (χ4n) is 4.32. The number of ether oxygens (including phenoxy) is 1. The summed E-state index contributed by atoms with van der Waals surface area (Å²) in [6, 6.07) is 6.97. The van der Waals surface area contributed by atoms with Gasteiger partial charge in [-0.05, 0) is 35.7 Å². The number of anilines is 2. The molecule has 2 aliphatic rings. The number of rotatable bonds is 5. The lowest BCUT2D eigenvalue weighted by Crippen LogP contribution is -2.48. The fourth-order valence-corrected chi connectivity index (χ4v) is 6.69. The quantitative estimate of drug-likeness (QED) is 0.491. The van der Waals surface area contributed by atoms with Crippen LogP contribution in [0.15, 0.2) is 45.5 Å². The van der Waals surface area contributed by atoms with Crippen LogP contribution in [0.5, 0.6) is 0 Å². The van der Waals surface area contributed by atoms with E-state index in [2.05, 4.69) is 14.6 Å². The van der Waals surface area contributed by atoms with E-state index in [0.29, 0.717) is 36.7 Å². The van der Waals surface area contributed by atoms with Crippen molar-refractivity contribution in [2.75, 3.05) is 49.0 Å². The molecule has 2 atom stereocenters. The van der Waals surface area contributed by atoms with Gasteiger partial charge < -0.3 is 19.7 Å². The first-order chi connectivity index (χ1) is 15.8. The Kier molecular flexibility index (Phi) is 5.87. The number of halogens is 1. The van der Waals surface area contributed by atoms with Crippen LogP contribution in [0.4, 0.5) is 15.1 Å². The smallest absolute Gasteiger partial charge is 0.271 e. The monoisotopic (exact) mass is 494 g/mol. The highest BCUT2D eigenvalue weighted by molar-refractivity contribution is 7.94. The number of hydrogen-bond donors (Lipinski definition) is 3. The Labute approximate surface area is 193 Å². The van der Waals surface area contributed by atoms with Crippen LogP contribution in [0.1, 0.15) is 0 Å². The van der Waals surface area contributed by atoms with Crippen molar-refractivity contribution in [1.82, 2.24) is 9.88 Å². The van der Waals surface area contributed by atoms with Gasteiger partial charge in [0.25, 0.3) is 15.6 Å². The zero-order valence-electron chi connectivity index (χ0n) is 17.5. The van der Waals surface area contributed by atoms with Gasteiger partial charge in [-0.2, -0.15) is 0 Å². The number of nitrogens with zero attached hydrogens (tertiary/aromatic N) is 2. The first-order valence-electron chi connectivity index (χ1n) is 10.5. The van der Waals surface area contributed by atoms with Crippen molar-refractivity contribution >= 4 is 42.8 Å². The molecule has 12 heteroatoms. The first-order valence-corrected chi connectivity index (χ1v) is 12.8. The molecule has 1 aromatic carbocycles. The largest absolute Gasteiger partial charge is 0.390 e. The van der Waals surface area contributed by atoms with Gasteiger partial charge in [0, 0.05) is 37.8 Å². The molecule has 4 heterocycles. The SMILES string of the molecule is O=c1[nH]ccc2cc(F)c(NS(=O)(=O)c3ccc(N4C[C@H](O)[C@@H](N5CCOCC5)C4)s3)cc12. The third-order valence-electron chi connectivity index (χ3n) is 6.02. The molecule has 0 bridgehead atoms. The number of H-pyrrole nitrogens is 1. The molecule has 0 radical (unpaired) electrons. The van der Waals surface area contributed by atoms with E-state index in [4.69, 9.17) is 4.74 Å². The second-order valence-corrected chi connectivity index (χ2v) is 11.1. The Bertz CT molecular complexity index is 1340. The van der Waals surface area contributed by atoms with Crippen LogP contribution in [0, 0.1) is 5.82 Å². The number of hydrogen-bond acceptors (Lipinski definition) is 8. The highest BCUT2D eigenvalue weighted by atomic mass is 32.2. The third-order valence-corrected chi connectivity index (χ3v) is 9.03. The van der Waals surface area contributed by atoms with Crippen molar-refractivity contribution in [2.45, 2.75) is 16.4 Å². The lowest BCUT2D eigenvalue weighted by molar-refractivity contribution is -0.00588. The fraction of sp³-hybridized carbons (Fsp3) is 0.381. The van der Waals surface area contributed by atoms with E-state index in [1.807, 2.05) is 4.90 Å². The Balaban J connectivity index is 1.35. The molecule has 0 aliphatic carbocycles. The molecular formula is C21H23FN4O5S2. The highest BCUT2D eigenvalue weighted by Gasteiger charge is 2.37. The van der Waals surface area contributed by atoms with E-state index < -0.39 is 27.5 Å². The maximum atomic E-state index is 14.5. The number of nitrogens with one attached hydrogen (secondary N) is 2. The molecule has 176 valence electrons. The number of aromatic amines is 1. The van der Waals surface area contributed by atoms with Crippen molar-refractivity contribution in [3.05, 3.63) is 52.7 Å². The number of thiophene rings is 1. The third kappa shape index (κ3) is 4.36. The van der Waals surface area contributed by atoms with Crippen molar-refractivity contribution in [1.29, 1.82) is 0 Å². The molecule has 2 saturated heterocycles. The van der Waals surface area contributed by atoms with Crippen molar-refractivity contribution in [3.8, 4) is 0 Å². The van der Waals surface area contributed by atoms with Gasteiger partial charge in [-0.15, -0.1) is 11.3 Å². The summed E-state index contributed by atoms with van der Waals surface area (Å²) in [5, 5.41) is 11.8. The Morgan fingerprint density at radius 3 is 2.76 bits per heavy atom. The molecule has 3 aromatic rings. The van der Waals surface area contributed by atoms with E-state index in [0.717, 1.165) is 30.5 Å². The van der Waals surface area contributed by atoms with E-state index in [9.17, 15) is 22.7 Å². The van der Waals surface area contributed by atoms with Crippen LogP contribution in [-0.2, 0) is 14.8 Å². The maximum absolute atomic E-state index is 14.5. The average molecular weight is 495 g/mol. The summed E-state index contributed by atoms with van der Waals surface area (Å²) in [6.45, 7) is 3.75. The molecule has 0 saturated carbocycles. The summed E-state index contributed by atoms with van der Waals surface area (Å²) in [4.78, 5) is 18.7. The summed E-state index contributed by atoms with van der Waals surface area (Å²) in [6.07, 6.45) is 0.855. The standard InChI is InChI=1S/C21H23FN4O5S2/c22-15-9-13-3-4-23-21(28)14(13)10-16(15)24-33(29,30)20-2-1-19(32-20)26-11-17(18(27)12-26)25-5-7-31-8-6-25/h1-4,9-10,17-18,24,27H,5-8,11-12H2,(H,23,28)/t17-,18-/m0/s1. The van der Waals surface area contributed by atoms with Crippen molar-refractivity contribution in [2.24, 2.45) is 0 Å². The number of morpholine rings is 1. The first kappa shape index (κ1) is 22.3. The van der Waals surface area contributed by atoms with Gasteiger partial charge in [0.05, 0.1) is 36.0 Å². The van der Waals surface area contributed by atoms with E-state index in [1.54, 1.807) is 6.07 Å². The number of aliphatic hydroxyl groups is 1. The summed E-state index contributed by atoms with van der Waals surface area (Å²) in [5.41, 5.74) is -0.730. The van der Waals surface area contributed by atoms with Crippen LogP contribution < -0.4 is 15.2 Å². The molecule has 0 unspecified atom stereocenters. The molecular weight excluding hydrogens is 471 g/mol. The van der Waals surface area contributed by atoms with Gasteiger partial charge in [-0.25, -0.2) is 12.8 Å². The number of fused-ring (bicyclic) bond motifs is 1. The number of sulfonamides is 1. The summed E-state index contributed by atoms with van der Waals surface area (Å²) in [5.74, 6) is -0.774. The van der Waals surface area contributed by atoms with Crippen LogP contribution in [0.3, 0.4) is 0 Å². The second-order valence-electron chi connectivity index (χ2n) is 8.11. The van der Waals surface area contributed by atoms with Crippen LogP contribution in [0.25, 0.3) is 10.8 Å². The number of aliphatic hydroxyl groups excluding tert-OH is 1. The minimum Gasteiger partial charge on any atom is -0.390 e. The topological polar surface area (TPSA) is 115 Å². The molecule has 0 spiro atoms. The molecule has 5 rings (SSSR count). The summed E-state index contributed by atoms with van der Waals surface area (Å²) < 4.78 is 48.1. The zero-order valence-corrected chi connectivity index (χ0v) is 19.2. The van der Waals surface area contributed by atoms with Crippen molar-refractivity contribution < 1.29 is 22.7 Å². The van der Waals surface area contributed by atoms with Gasteiger partial charge in [-0.1, -0.05) is 0 Å². The molecule has 3 N–H and O–H groups in total. The molecule has 2 fully saturated rings. The van der Waals surface area contributed by atoms with Gasteiger partial charge in [0.2, 0.25) is 0 Å². The highest BCUT2D eigenvalue weighted by Crippen LogP contribution is 2.34. The zero-order chi connectivity index (χ0) is 23.2. The Morgan fingerprint density at radius 1 is 1.18 bits per heavy atom. The predicted octanol–water partition coefficient (Wildman–Crippen LogP) is 1.41. The molecule has 2 aliphatic heterocycles. The molecule has 9 nitrogen and oxygen atoms in total. The van der Waals surface area contributed by atoms with Gasteiger partial charge in [-0.3, -0.25) is 14.4 Å². The molecule has 0 amide bonds. The number of pyridine rings is 1. The number of β-amino-alcohol motifs (C(OH)–C–C–N with tert-alkyl or cyclic N) is 1. The Morgan fingerprint density at radius 2 is 1.97 bits per heavy atom. The lowest BCUT2D eigenvalue weighted by atomic mass is 10.1. The number of benzene rings is 1. The number of aromatic nitrogens is 1. The predicted molar refractivity (Wildman–Crippen MR) is 124 cm³/mol. The van der Waals surface area contributed by atoms with E-state index >= 15 is 0 Å². The van der Waals surface area contributed by atoms with E-state index in [1.165, 1.54) is 24.4 Å². The normalized spacial score (nSPS) is 22.2. The van der Waals surface area contributed by atoms with Gasteiger partial charge in [0.15, 0.2) is 0 Å². The van der Waals surface area contributed by atoms with Crippen LogP contribution in [-0.4, -0.2) is 74.9 Å². The van der Waals surface area contributed by atoms with E-state index in [-0.39, 0.29) is 21.3 Å². The van der Waals surface area contributed by atoms with Gasteiger partial charge in [0.1, 0.15) is 10.0 Å². The molecule has 2 aromatic heterocycles. The van der Waals surface area contributed by atoms with Crippen LogP contribution in [0.2, 0.25) is 0 Å². The minimum absolute atomic E-state index is 0.0169. The van der Waals surface area contributed by atoms with Crippen molar-refractivity contribution in [3.63, 3.8) is 0 Å². The molecule has 33 heavy (non-hydrogen) atoms. The van der Waals surface area contributed by atoms with Gasteiger partial charge >= 0.3 is 0 Å².